The predicted molar refractivity (Wildman–Crippen MR) is 63.5 cm³/mol. The van der Waals surface area contributed by atoms with Crippen LogP contribution in [-0.4, -0.2) is 28.4 Å². The van der Waals surface area contributed by atoms with Gasteiger partial charge in [-0.25, -0.2) is 4.79 Å². The van der Waals surface area contributed by atoms with Crippen LogP contribution in [0, 0.1) is 0 Å². The number of rotatable bonds is 4. The van der Waals surface area contributed by atoms with Crippen molar-refractivity contribution in [2.24, 2.45) is 5.73 Å². The first kappa shape index (κ1) is 11.4. The van der Waals surface area contributed by atoms with Crippen molar-refractivity contribution >= 4 is 0 Å². The van der Waals surface area contributed by atoms with Crippen LogP contribution in [-0.2, 0) is 6.42 Å². The molecule has 1 aromatic carbocycles. The van der Waals surface area contributed by atoms with Gasteiger partial charge < -0.3 is 10.5 Å². The number of hydrogen-bond acceptors (Lipinski definition) is 4. The average molecular weight is 234 g/mol. The molecule has 0 spiro atoms. The van der Waals surface area contributed by atoms with E-state index in [4.69, 9.17) is 10.5 Å². The van der Waals surface area contributed by atoms with E-state index in [0.29, 0.717) is 30.2 Å². The molecule has 0 aliphatic rings. The van der Waals surface area contributed by atoms with Crippen LogP contribution in [0.2, 0.25) is 0 Å². The van der Waals surface area contributed by atoms with Gasteiger partial charge in [-0.15, -0.1) is 0 Å². The number of nitrogens with zero attached hydrogens (tertiary/aromatic N) is 2. The monoisotopic (exact) mass is 234 g/mol. The summed E-state index contributed by atoms with van der Waals surface area (Å²) in [7, 11) is 1.58. The molecule has 0 unspecified atom stereocenters. The van der Waals surface area contributed by atoms with Crippen LogP contribution < -0.4 is 16.2 Å². The Morgan fingerprint density at radius 2 is 2.35 bits per heavy atom. The Bertz CT molecular complexity index is 559. The van der Waals surface area contributed by atoms with Gasteiger partial charge in [0.25, 0.3) is 0 Å². The first-order chi connectivity index (χ1) is 8.24. The molecular weight excluding hydrogens is 220 g/mol. The van der Waals surface area contributed by atoms with E-state index in [9.17, 15) is 4.79 Å². The lowest BCUT2D eigenvalue weighted by Crippen LogP contribution is -2.15. The Labute approximate surface area is 98.0 Å². The zero-order valence-electron chi connectivity index (χ0n) is 9.51. The molecule has 2 rings (SSSR count). The highest BCUT2D eigenvalue weighted by Crippen LogP contribution is 2.14. The highest BCUT2D eigenvalue weighted by molar-refractivity contribution is 5.38. The van der Waals surface area contributed by atoms with Crippen molar-refractivity contribution in [2.45, 2.75) is 6.42 Å². The molecule has 6 heteroatoms. The third kappa shape index (κ3) is 2.36. The molecule has 1 aromatic heterocycles. The summed E-state index contributed by atoms with van der Waals surface area (Å²) in [5.41, 5.74) is 5.80. The maximum absolute atomic E-state index is 11.7. The predicted octanol–water partition coefficient (Wildman–Crippen LogP) is 0.0704. The summed E-state index contributed by atoms with van der Waals surface area (Å²) in [6, 6.07) is 7.14. The first-order valence-corrected chi connectivity index (χ1v) is 5.27. The molecule has 0 bridgehead atoms. The van der Waals surface area contributed by atoms with Gasteiger partial charge in [0.15, 0.2) is 0 Å². The van der Waals surface area contributed by atoms with Crippen molar-refractivity contribution < 1.29 is 4.74 Å². The SMILES string of the molecule is COc1cccc(-n2nc(CCN)[nH]c2=O)c1. The fraction of sp³-hybridized carbons (Fsp3) is 0.273. The fourth-order valence-corrected chi connectivity index (χ4v) is 1.53. The van der Waals surface area contributed by atoms with Crippen molar-refractivity contribution in [3.05, 3.63) is 40.6 Å². The van der Waals surface area contributed by atoms with Gasteiger partial charge in [-0.2, -0.15) is 9.78 Å². The van der Waals surface area contributed by atoms with Crippen molar-refractivity contribution in [1.82, 2.24) is 14.8 Å². The van der Waals surface area contributed by atoms with E-state index in [2.05, 4.69) is 10.1 Å². The molecule has 1 heterocycles. The van der Waals surface area contributed by atoms with Gasteiger partial charge in [-0.05, 0) is 18.7 Å². The molecule has 6 nitrogen and oxygen atoms in total. The van der Waals surface area contributed by atoms with E-state index >= 15 is 0 Å². The van der Waals surface area contributed by atoms with Crippen LogP contribution in [0.3, 0.4) is 0 Å². The molecule has 3 N–H and O–H groups in total. The minimum Gasteiger partial charge on any atom is -0.497 e. The summed E-state index contributed by atoms with van der Waals surface area (Å²) in [6.07, 6.45) is 0.548. The molecule has 0 saturated carbocycles. The second-order valence-corrected chi connectivity index (χ2v) is 3.53. The number of hydrogen-bond donors (Lipinski definition) is 2. The second-order valence-electron chi connectivity index (χ2n) is 3.53. The average Bonchev–Trinajstić information content (AvgIpc) is 2.71. The Kier molecular flexibility index (Phi) is 3.24. The normalized spacial score (nSPS) is 10.5. The van der Waals surface area contributed by atoms with Gasteiger partial charge in [-0.3, -0.25) is 4.98 Å². The first-order valence-electron chi connectivity index (χ1n) is 5.27. The minimum absolute atomic E-state index is 0.276. The van der Waals surface area contributed by atoms with E-state index in [0.717, 1.165) is 0 Å². The van der Waals surface area contributed by atoms with Crippen LogP contribution in [0.1, 0.15) is 5.82 Å². The van der Waals surface area contributed by atoms with E-state index in [1.807, 2.05) is 6.07 Å². The van der Waals surface area contributed by atoms with Crippen LogP contribution in [0.15, 0.2) is 29.1 Å². The Morgan fingerprint density at radius 1 is 1.53 bits per heavy atom. The van der Waals surface area contributed by atoms with Gasteiger partial charge in [-0.1, -0.05) is 6.07 Å². The quantitative estimate of drug-likeness (QED) is 0.783. The Hall–Kier alpha value is -2.08. The van der Waals surface area contributed by atoms with Gasteiger partial charge in [0.2, 0.25) is 0 Å². The number of methoxy groups -OCH3 is 1. The fourth-order valence-electron chi connectivity index (χ4n) is 1.53. The molecule has 17 heavy (non-hydrogen) atoms. The lowest BCUT2D eigenvalue weighted by molar-refractivity contribution is 0.414. The molecule has 90 valence electrons. The molecule has 0 amide bonds. The van der Waals surface area contributed by atoms with E-state index in [1.165, 1.54) is 4.68 Å². The van der Waals surface area contributed by atoms with Crippen LogP contribution in [0.4, 0.5) is 0 Å². The maximum atomic E-state index is 11.7. The Balaban J connectivity index is 2.41. The lowest BCUT2D eigenvalue weighted by Gasteiger charge is -2.02. The van der Waals surface area contributed by atoms with Gasteiger partial charge in [0.1, 0.15) is 11.6 Å². The van der Waals surface area contributed by atoms with Crippen molar-refractivity contribution in [3.8, 4) is 11.4 Å². The summed E-state index contributed by atoms with van der Waals surface area (Å²) >= 11 is 0. The van der Waals surface area contributed by atoms with E-state index in [1.54, 1.807) is 25.3 Å². The summed E-state index contributed by atoms with van der Waals surface area (Å²) in [5, 5.41) is 4.16. The smallest absolute Gasteiger partial charge is 0.348 e. The standard InChI is InChI=1S/C11H14N4O2/c1-17-9-4-2-3-8(7-9)15-11(16)13-10(14-15)5-6-12/h2-4,7H,5-6,12H2,1H3,(H,13,14,16). The Morgan fingerprint density at radius 3 is 3.06 bits per heavy atom. The van der Waals surface area contributed by atoms with Crippen molar-refractivity contribution in [1.29, 1.82) is 0 Å². The number of aromatic amines is 1. The van der Waals surface area contributed by atoms with Crippen LogP contribution in [0.25, 0.3) is 5.69 Å². The topological polar surface area (TPSA) is 85.9 Å². The molecule has 0 atom stereocenters. The number of benzene rings is 1. The highest BCUT2D eigenvalue weighted by Gasteiger charge is 2.07. The largest absolute Gasteiger partial charge is 0.497 e. The molecule has 0 aliphatic heterocycles. The van der Waals surface area contributed by atoms with Crippen molar-refractivity contribution in [2.75, 3.05) is 13.7 Å². The van der Waals surface area contributed by atoms with Crippen LogP contribution in [0.5, 0.6) is 5.75 Å². The summed E-state index contributed by atoms with van der Waals surface area (Å²) < 4.78 is 6.40. The molecule has 0 fully saturated rings. The van der Waals surface area contributed by atoms with Gasteiger partial charge in [0, 0.05) is 12.5 Å². The summed E-state index contributed by atoms with van der Waals surface area (Å²) in [6.45, 7) is 0.449. The molecule has 0 saturated heterocycles. The van der Waals surface area contributed by atoms with Gasteiger partial charge in [0.05, 0.1) is 12.8 Å². The number of nitrogens with two attached hydrogens (primary N) is 1. The molecular formula is C11H14N4O2. The maximum Gasteiger partial charge on any atom is 0.348 e. The minimum atomic E-state index is -0.276. The summed E-state index contributed by atoms with van der Waals surface area (Å²) in [4.78, 5) is 14.3. The van der Waals surface area contributed by atoms with E-state index < -0.39 is 0 Å². The number of H-pyrrole nitrogens is 1. The zero-order valence-corrected chi connectivity index (χ0v) is 9.51. The second kappa shape index (κ2) is 4.84. The number of aromatic nitrogens is 3. The summed E-state index contributed by atoms with van der Waals surface area (Å²) in [5.74, 6) is 1.26. The highest BCUT2D eigenvalue weighted by atomic mass is 16.5. The van der Waals surface area contributed by atoms with Crippen molar-refractivity contribution in [3.63, 3.8) is 0 Å². The van der Waals surface area contributed by atoms with Crippen LogP contribution >= 0.6 is 0 Å². The number of ether oxygens (including phenoxy) is 1. The third-order valence-corrected chi connectivity index (χ3v) is 2.34. The molecule has 0 aliphatic carbocycles. The van der Waals surface area contributed by atoms with Gasteiger partial charge >= 0.3 is 5.69 Å². The zero-order chi connectivity index (χ0) is 12.3. The lowest BCUT2D eigenvalue weighted by atomic mass is 10.3. The van der Waals surface area contributed by atoms with E-state index in [-0.39, 0.29) is 5.69 Å². The third-order valence-electron chi connectivity index (χ3n) is 2.34. The number of nitrogens with one attached hydrogen (secondary N) is 1. The molecule has 2 aromatic rings. The molecule has 0 radical (unpaired) electrons.